The third-order valence-corrected chi connectivity index (χ3v) is 3.38. The van der Waals surface area contributed by atoms with Crippen LogP contribution in [0.1, 0.15) is 0 Å². The van der Waals surface area contributed by atoms with Gasteiger partial charge in [-0.2, -0.15) is 0 Å². The molecule has 0 radical (unpaired) electrons. The summed E-state index contributed by atoms with van der Waals surface area (Å²) in [6.07, 6.45) is 5.89. The van der Waals surface area contributed by atoms with Gasteiger partial charge in [-0.3, -0.25) is 0 Å². The fraction of sp³-hybridized carbons (Fsp3) is 0.375. The van der Waals surface area contributed by atoms with Crippen LogP contribution in [0.2, 0.25) is 0 Å². The van der Waals surface area contributed by atoms with Gasteiger partial charge in [0.2, 0.25) is 0 Å². The molecule has 22 heavy (non-hydrogen) atoms. The summed E-state index contributed by atoms with van der Waals surface area (Å²) in [5.74, 6) is 0. The summed E-state index contributed by atoms with van der Waals surface area (Å²) in [6.45, 7) is 0.190. The molecular formula is C16H22N2O4+2. The van der Waals surface area contributed by atoms with Crippen molar-refractivity contribution in [3.63, 3.8) is 0 Å². The van der Waals surface area contributed by atoms with E-state index in [1.165, 1.54) is 0 Å². The second kappa shape index (κ2) is 7.95. The predicted molar refractivity (Wildman–Crippen MR) is 78.5 cm³/mol. The van der Waals surface area contributed by atoms with Crippen molar-refractivity contribution in [2.45, 2.75) is 25.3 Å². The van der Waals surface area contributed by atoms with Crippen molar-refractivity contribution >= 4 is 0 Å². The molecule has 0 aliphatic rings. The van der Waals surface area contributed by atoms with Gasteiger partial charge in [-0.15, -0.1) is 0 Å². The van der Waals surface area contributed by atoms with Crippen molar-refractivity contribution in [3.05, 3.63) is 49.1 Å². The van der Waals surface area contributed by atoms with Crippen LogP contribution in [-0.4, -0.2) is 45.8 Å². The highest BCUT2D eigenvalue weighted by molar-refractivity contribution is 5.60. The number of rotatable bonds is 7. The largest absolute Gasteiger partial charge is 0.393 e. The molecule has 0 amide bonds. The molecule has 2 aromatic heterocycles. The predicted octanol–water partition coefficient (Wildman–Crippen LogP) is -1.36. The quantitative estimate of drug-likeness (QED) is 0.476. The maximum atomic E-state index is 9.41. The fourth-order valence-corrected chi connectivity index (χ4v) is 2.15. The zero-order chi connectivity index (χ0) is 15.9. The van der Waals surface area contributed by atoms with Crippen LogP contribution in [0, 0.1) is 0 Å². The highest BCUT2D eigenvalue weighted by Gasteiger charge is 2.11. The molecule has 0 aromatic carbocycles. The summed E-state index contributed by atoms with van der Waals surface area (Å²) in [6, 6.07) is 7.75. The molecule has 0 saturated carbocycles. The van der Waals surface area contributed by atoms with Crippen LogP contribution < -0.4 is 9.13 Å². The molecule has 2 rings (SSSR count). The smallest absolute Gasteiger partial charge is 0.176 e. The zero-order valence-electron chi connectivity index (χ0n) is 12.3. The Bertz CT molecular complexity index is 518. The molecule has 0 spiro atoms. The van der Waals surface area contributed by atoms with Crippen molar-refractivity contribution in [2.75, 3.05) is 13.2 Å². The van der Waals surface area contributed by atoms with E-state index < -0.39 is 12.2 Å². The van der Waals surface area contributed by atoms with Gasteiger partial charge in [0.25, 0.3) is 0 Å². The highest BCUT2D eigenvalue weighted by Crippen LogP contribution is 2.15. The summed E-state index contributed by atoms with van der Waals surface area (Å²) >= 11 is 0. The van der Waals surface area contributed by atoms with Gasteiger partial charge in [-0.05, 0) is 11.1 Å². The van der Waals surface area contributed by atoms with Crippen molar-refractivity contribution < 1.29 is 29.6 Å². The minimum absolute atomic E-state index is 0.257. The number of nitrogens with zero attached hydrogens (tertiary/aromatic N) is 2. The molecule has 118 valence electrons. The van der Waals surface area contributed by atoms with Crippen molar-refractivity contribution in [1.29, 1.82) is 0 Å². The molecule has 0 saturated heterocycles. The summed E-state index contributed by atoms with van der Waals surface area (Å²) in [7, 11) is 0. The van der Waals surface area contributed by atoms with E-state index in [0.29, 0.717) is 13.1 Å². The van der Waals surface area contributed by atoms with Crippen molar-refractivity contribution in [3.8, 4) is 11.1 Å². The van der Waals surface area contributed by atoms with Crippen molar-refractivity contribution in [2.24, 2.45) is 0 Å². The van der Waals surface area contributed by atoms with Crippen LogP contribution in [0.3, 0.4) is 0 Å². The van der Waals surface area contributed by atoms with E-state index in [2.05, 4.69) is 0 Å². The normalized spacial score (nSPS) is 13.8. The Labute approximate surface area is 129 Å². The van der Waals surface area contributed by atoms with E-state index in [1.54, 1.807) is 0 Å². The number of hydrogen-bond acceptors (Lipinski definition) is 4. The molecule has 2 unspecified atom stereocenters. The van der Waals surface area contributed by atoms with Crippen LogP contribution in [0.5, 0.6) is 0 Å². The molecule has 2 heterocycles. The Morgan fingerprint density at radius 2 is 1.00 bits per heavy atom. The second-order valence-electron chi connectivity index (χ2n) is 5.24. The number of aliphatic hydroxyl groups is 4. The average molecular weight is 306 g/mol. The maximum Gasteiger partial charge on any atom is 0.176 e. The minimum Gasteiger partial charge on any atom is -0.393 e. The number of aliphatic hydroxyl groups excluding tert-OH is 4. The van der Waals surface area contributed by atoms with Gasteiger partial charge in [0, 0.05) is 24.3 Å². The standard InChI is InChI=1S/C16H22N2O4/c19-11-15(21)9-17-5-1-13(2-6-17)14-3-7-18(8-4-14)10-16(22)12-20/h1-8,15-16,19-22H,9-12H2/q+2. The van der Waals surface area contributed by atoms with Gasteiger partial charge in [0.05, 0.1) is 13.2 Å². The maximum absolute atomic E-state index is 9.41. The molecule has 4 N–H and O–H groups in total. The van der Waals surface area contributed by atoms with Gasteiger partial charge in [-0.1, -0.05) is 0 Å². The summed E-state index contributed by atoms with van der Waals surface area (Å²) in [4.78, 5) is 0. The van der Waals surface area contributed by atoms with Crippen LogP contribution >= 0.6 is 0 Å². The van der Waals surface area contributed by atoms with Gasteiger partial charge in [0.1, 0.15) is 12.2 Å². The molecule has 0 bridgehead atoms. The molecule has 2 aromatic rings. The summed E-state index contributed by atoms with van der Waals surface area (Å²) in [5, 5.41) is 36.5. The first-order valence-corrected chi connectivity index (χ1v) is 7.19. The lowest BCUT2D eigenvalue weighted by Crippen LogP contribution is -2.40. The lowest BCUT2D eigenvalue weighted by atomic mass is 10.1. The van der Waals surface area contributed by atoms with Crippen LogP contribution in [0.25, 0.3) is 11.1 Å². The fourth-order valence-electron chi connectivity index (χ4n) is 2.15. The van der Waals surface area contributed by atoms with E-state index in [1.807, 2.05) is 58.2 Å². The highest BCUT2D eigenvalue weighted by atomic mass is 16.3. The Kier molecular flexibility index (Phi) is 5.97. The van der Waals surface area contributed by atoms with E-state index >= 15 is 0 Å². The van der Waals surface area contributed by atoms with E-state index in [9.17, 15) is 10.2 Å². The molecule has 0 aliphatic carbocycles. The Morgan fingerprint density at radius 1 is 0.682 bits per heavy atom. The molecular weight excluding hydrogens is 284 g/mol. The first-order chi connectivity index (χ1) is 10.6. The Balaban J connectivity index is 2.05. The SMILES string of the molecule is OCC(O)C[n+]1ccc(-c2cc[n+](CC(O)CO)cc2)cc1. The number of hydrogen-bond donors (Lipinski definition) is 4. The van der Waals surface area contributed by atoms with Crippen LogP contribution in [0.15, 0.2) is 49.1 Å². The number of pyridine rings is 2. The van der Waals surface area contributed by atoms with Crippen LogP contribution in [-0.2, 0) is 13.1 Å². The zero-order valence-corrected chi connectivity index (χ0v) is 12.3. The van der Waals surface area contributed by atoms with Gasteiger partial charge in [0.15, 0.2) is 37.9 Å². The van der Waals surface area contributed by atoms with E-state index in [0.717, 1.165) is 11.1 Å². The molecule has 6 nitrogen and oxygen atoms in total. The Hall–Kier alpha value is -1.86. The van der Waals surface area contributed by atoms with E-state index in [-0.39, 0.29) is 13.2 Å². The van der Waals surface area contributed by atoms with Crippen molar-refractivity contribution in [1.82, 2.24) is 0 Å². The van der Waals surface area contributed by atoms with Gasteiger partial charge in [-0.25, -0.2) is 9.13 Å². The summed E-state index contributed by atoms with van der Waals surface area (Å²) in [5.41, 5.74) is 2.06. The topological polar surface area (TPSA) is 88.7 Å². The third kappa shape index (κ3) is 4.57. The van der Waals surface area contributed by atoms with E-state index in [4.69, 9.17) is 10.2 Å². The summed E-state index contributed by atoms with van der Waals surface area (Å²) < 4.78 is 3.62. The second-order valence-corrected chi connectivity index (χ2v) is 5.24. The third-order valence-electron chi connectivity index (χ3n) is 3.38. The molecule has 6 heteroatoms. The average Bonchev–Trinajstić information content (AvgIpc) is 2.56. The van der Waals surface area contributed by atoms with Gasteiger partial charge >= 0.3 is 0 Å². The first kappa shape index (κ1) is 16.5. The molecule has 0 aliphatic heterocycles. The molecule has 2 atom stereocenters. The minimum atomic E-state index is -0.760. The Morgan fingerprint density at radius 3 is 1.27 bits per heavy atom. The molecule has 0 fully saturated rings. The lowest BCUT2D eigenvalue weighted by molar-refractivity contribution is -0.704. The lowest BCUT2D eigenvalue weighted by Gasteiger charge is -2.05. The van der Waals surface area contributed by atoms with Crippen LogP contribution in [0.4, 0.5) is 0 Å². The first-order valence-electron chi connectivity index (χ1n) is 7.19. The monoisotopic (exact) mass is 306 g/mol. The van der Waals surface area contributed by atoms with Gasteiger partial charge < -0.3 is 20.4 Å². The number of aromatic nitrogens is 2.